The van der Waals surface area contributed by atoms with Gasteiger partial charge in [-0.1, -0.05) is 0 Å². The van der Waals surface area contributed by atoms with Crippen molar-refractivity contribution in [3.63, 3.8) is 0 Å². The van der Waals surface area contributed by atoms with Crippen molar-refractivity contribution in [1.82, 2.24) is 10.6 Å². The number of hydrogen-bond donors (Lipinski definition) is 15. The van der Waals surface area contributed by atoms with Crippen LogP contribution in [-0.4, -0.2) is 171 Å². The molecule has 3 rings (SSSR count). The van der Waals surface area contributed by atoms with Gasteiger partial charge in [0.15, 0.2) is 18.5 Å². The molecule has 2 heterocycles. The number of guanidine groups is 1. The van der Waals surface area contributed by atoms with Crippen molar-refractivity contribution < 1.29 is 59.8 Å². The Bertz CT molecular complexity index is 832. The van der Waals surface area contributed by atoms with E-state index in [2.05, 4.69) is 10.6 Å². The van der Waals surface area contributed by atoms with Gasteiger partial charge in [0.2, 0.25) is 0 Å². The molecule has 240 valence electrons. The molecule has 2 aliphatic heterocycles. The molecule has 41 heavy (non-hydrogen) atoms. The van der Waals surface area contributed by atoms with Crippen LogP contribution in [0, 0.1) is 5.41 Å². The predicted octanol–water partition coefficient (Wildman–Crippen LogP) is -8.82. The van der Waals surface area contributed by atoms with Crippen LogP contribution in [0.3, 0.4) is 0 Å². The lowest BCUT2D eigenvalue weighted by molar-refractivity contribution is -0.321. The van der Waals surface area contributed by atoms with Crippen molar-refractivity contribution in [3.8, 4) is 0 Å². The highest BCUT2D eigenvalue weighted by atomic mass is 16.7. The summed E-state index contributed by atoms with van der Waals surface area (Å²) in [6, 6.07) is -5.21. The third kappa shape index (κ3) is 7.59. The van der Waals surface area contributed by atoms with Crippen molar-refractivity contribution in [3.05, 3.63) is 0 Å². The summed E-state index contributed by atoms with van der Waals surface area (Å²) >= 11 is 0. The van der Waals surface area contributed by atoms with Crippen LogP contribution in [0.4, 0.5) is 0 Å². The van der Waals surface area contributed by atoms with Gasteiger partial charge in [-0.05, 0) is 6.42 Å². The Morgan fingerprint density at radius 2 is 1.46 bits per heavy atom. The van der Waals surface area contributed by atoms with Gasteiger partial charge in [0, 0.05) is 18.6 Å². The summed E-state index contributed by atoms with van der Waals surface area (Å²) in [5, 5.41) is 95.1. The van der Waals surface area contributed by atoms with Gasteiger partial charge in [0.1, 0.15) is 61.0 Å². The van der Waals surface area contributed by atoms with Gasteiger partial charge in [-0.25, -0.2) is 0 Å². The second-order valence-electron chi connectivity index (χ2n) is 10.6. The van der Waals surface area contributed by atoms with Crippen LogP contribution in [0.15, 0.2) is 0 Å². The molecule has 0 spiro atoms. The first-order valence-corrected chi connectivity index (χ1v) is 13.3. The predicted molar refractivity (Wildman–Crippen MR) is 138 cm³/mol. The first-order valence-electron chi connectivity index (χ1n) is 13.3. The van der Waals surface area contributed by atoms with Gasteiger partial charge < -0.3 is 93.4 Å². The summed E-state index contributed by atoms with van der Waals surface area (Å²) in [4.78, 5) is 0. The molecule has 15 atom stereocenters. The van der Waals surface area contributed by atoms with Crippen molar-refractivity contribution >= 4 is 5.96 Å². The Morgan fingerprint density at radius 1 is 0.854 bits per heavy atom. The normalized spacial score (nSPS) is 45.5. The van der Waals surface area contributed by atoms with Crippen molar-refractivity contribution in [2.45, 2.75) is 104 Å². The average Bonchev–Trinajstić information content (AvgIpc) is 2.94. The first-order chi connectivity index (χ1) is 19.4. The number of aliphatic hydroxyl groups is 8. The average molecular weight is 600 g/mol. The number of aliphatic hydroxyl groups excluding tert-OH is 8. The van der Waals surface area contributed by atoms with E-state index in [0.717, 1.165) is 0 Å². The lowest BCUT2D eigenvalue weighted by Crippen LogP contribution is -2.71. The zero-order valence-corrected chi connectivity index (χ0v) is 22.3. The van der Waals surface area contributed by atoms with Gasteiger partial charge >= 0.3 is 0 Å². The summed E-state index contributed by atoms with van der Waals surface area (Å²) in [5.74, 6) is -0.567. The molecule has 0 aromatic carbocycles. The SMILES string of the molecule is N=C(N)N[C@H]1[C@@H](OC2[C@@H](N)C[C@@H](NC(CO)CO)[C@H](O[C@H]3O[C@H](CO)[C@@H](O)[C@H](N)[C@H]3O)[C@H]2O)O[C@H](CN)[C@@H](O)[C@@H]1O. The topological polar surface area (TPSA) is 351 Å². The smallest absolute Gasteiger partial charge is 0.186 e. The maximum Gasteiger partial charge on any atom is 0.186 e. The van der Waals surface area contributed by atoms with E-state index in [-0.39, 0.29) is 13.0 Å². The molecule has 0 bridgehead atoms. The lowest BCUT2D eigenvalue weighted by Gasteiger charge is -2.49. The van der Waals surface area contributed by atoms with Gasteiger partial charge in [0.25, 0.3) is 0 Å². The Kier molecular flexibility index (Phi) is 12.4. The molecule has 19 nitrogen and oxygen atoms in total. The fourth-order valence-electron chi connectivity index (χ4n) is 5.34. The fraction of sp³-hybridized carbons (Fsp3) is 0.955. The van der Waals surface area contributed by atoms with Crippen LogP contribution in [-0.2, 0) is 18.9 Å². The summed E-state index contributed by atoms with van der Waals surface area (Å²) in [6.45, 7) is -1.82. The standard InChI is InChI=1S/C22H45N7O12/c23-2-9-14(34)16(36)12(29-22(26)27)20(38-9)40-18-7(24)1-8(28-6(3-30)4-31)19(17(18)37)41-21-15(35)11(25)13(33)10(5-32)39-21/h6-21,28,30-37H,1-5,23-25H2,(H4,26,27,29)/t7-,8+,9+,10+,11-,12+,13+,14+,15+,16+,17-,18?,19-,20+,21+/m0/s1. The van der Waals surface area contributed by atoms with E-state index in [9.17, 15) is 40.9 Å². The molecule has 0 radical (unpaired) electrons. The van der Waals surface area contributed by atoms with E-state index in [1.54, 1.807) is 0 Å². The molecule has 19 N–H and O–H groups in total. The highest BCUT2D eigenvalue weighted by molar-refractivity contribution is 5.74. The number of hydrogen-bond acceptors (Lipinski definition) is 17. The number of nitrogens with one attached hydrogen (secondary N) is 3. The molecular weight excluding hydrogens is 554 g/mol. The molecular formula is C22H45N7O12. The Morgan fingerprint density at radius 3 is 2.02 bits per heavy atom. The second kappa shape index (κ2) is 14.9. The molecule has 1 saturated carbocycles. The quantitative estimate of drug-likeness (QED) is 0.0773. The van der Waals surface area contributed by atoms with E-state index >= 15 is 0 Å². The van der Waals surface area contributed by atoms with Gasteiger partial charge in [-0.2, -0.15) is 0 Å². The van der Waals surface area contributed by atoms with Crippen molar-refractivity contribution in [2.24, 2.45) is 22.9 Å². The molecule has 3 fully saturated rings. The minimum Gasteiger partial charge on any atom is -0.395 e. The van der Waals surface area contributed by atoms with Crippen LogP contribution in [0.2, 0.25) is 0 Å². The second-order valence-corrected chi connectivity index (χ2v) is 10.6. The summed E-state index contributed by atoms with van der Waals surface area (Å²) < 4.78 is 23.2. The molecule has 2 saturated heterocycles. The van der Waals surface area contributed by atoms with E-state index in [1.165, 1.54) is 0 Å². The molecule has 0 aromatic heterocycles. The van der Waals surface area contributed by atoms with Crippen LogP contribution < -0.4 is 33.6 Å². The maximum atomic E-state index is 11.5. The van der Waals surface area contributed by atoms with Crippen LogP contribution in [0.1, 0.15) is 6.42 Å². The third-order valence-electron chi connectivity index (χ3n) is 7.68. The van der Waals surface area contributed by atoms with Gasteiger partial charge in [-0.15, -0.1) is 0 Å². The molecule has 3 aliphatic rings. The Labute approximate surface area is 235 Å². The monoisotopic (exact) mass is 599 g/mol. The van der Waals surface area contributed by atoms with Gasteiger partial charge in [0.05, 0.1) is 31.9 Å². The Hall–Kier alpha value is -1.37. The minimum atomic E-state index is -1.62. The molecule has 1 unspecified atom stereocenters. The van der Waals surface area contributed by atoms with Crippen LogP contribution >= 0.6 is 0 Å². The Balaban J connectivity index is 1.88. The number of ether oxygens (including phenoxy) is 4. The fourth-order valence-corrected chi connectivity index (χ4v) is 5.34. The summed E-state index contributed by atoms with van der Waals surface area (Å²) in [5.41, 5.74) is 23.4. The zero-order valence-electron chi connectivity index (χ0n) is 22.3. The lowest BCUT2D eigenvalue weighted by atomic mass is 9.83. The highest BCUT2D eigenvalue weighted by Crippen LogP contribution is 2.32. The van der Waals surface area contributed by atoms with Crippen LogP contribution in [0.5, 0.6) is 0 Å². The molecule has 19 heteroatoms. The number of rotatable bonds is 11. The maximum absolute atomic E-state index is 11.5. The van der Waals surface area contributed by atoms with E-state index in [0.29, 0.717) is 0 Å². The summed E-state index contributed by atoms with van der Waals surface area (Å²) in [6.07, 6.45) is -15.5. The number of nitrogens with two attached hydrogens (primary N) is 4. The van der Waals surface area contributed by atoms with E-state index < -0.39 is 124 Å². The minimum absolute atomic E-state index is 0.00678. The largest absolute Gasteiger partial charge is 0.395 e. The first kappa shape index (κ1) is 34.1. The third-order valence-corrected chi connectivity index (χ3v) is 7.68. The van der Waals surface area contributed by atoms with Crippen LogP contribution in [0.25, 0.3) is 0 Å². The molecule has 1 aliphatic carbocycles. The van der Waals surface area contributed by atoms with Gasteiger partial charge in [-0.3, -0.25) is 5.41 Å². The molecule has 0 amide bonds. The zero-order chi connectivity index (χ0) is 30.6. The van der Waals surface area contributed by atoms with E-state index in [1.807, 2.05) is 0 Å². The summed E-state index contributed by atoms with van der Waals surface area (Å²) in [7, 11) is 0. The highest BCUT2D eigenvalue weighted by Gasteiger charge is 2.52. The molecule has 0 aromatic rings. The van der Waals surface area contributed by atoms with Crippen molar-refractivity contribution in [1.29, 1.82) is 5.41 Å². The van der Waals surface area contributed by atoms with Crippen molar-refractivity contribution in [2.75, 3.05) is 26.4 Å². The van der Waals surface area contributed by atoms with E-state index in [4.69, 9.17) is 47.3 Å².